The summed E-state index contributed by atoms with van der Waals surface area (Å²) >= 11 is 0. The molecule has 2 unspecified atom stereocenters. The zero-order chi connectivity index (χ0) is 12.3. The molecule has 0 spiro atoms. The normalized spacial score (nSPS) is 28.9. The molecular formula is C13H24N4. The van der Waals surface area contributed by atoms with Gasteiger partial charge in [0.25, 0.3) is 0 Å². The van der Waals surface area contributed by atoms with Crippen LogP contribution < -0.4 is 5.32 Å². The largest absolute Gasteiger partial charge is 0.301 e. The van der Waals surface area contributed by atoms with Gasteiger partial charge in [0.2, 0.25) is 0 Å². The van der Waals surface area contributed by atoms with Crippen LogP contribution in [0.1, 0.15) is 26.2 Å². The summed E-state index contributed by atoms with van der Waals surface area (Å²) in [5, 5.41) is 12.5. The van der Waals surface area contributed by atoms with E-state index in [1.165, 1.54) is 12.8 Å². The van der Waals surface area contributed by atoms with E-state index in [0.29, 0.717) is 12.1 Å². The molecule has 0 aromatic heterocycles. The lowest BCUT2D eigenvalue weighted by Crippen LogP contribution is -2.50. The molecule has 96 valence electrons. The maximum Gasteiger partial charge on any atom is 0.0967 e. The highest BCUT2D eigenvalue weighted by Gasteiger charge is 2.25. The molecule has 1 heterocycles. The molecule has 4 nitrogen and oxygen atoms in total. The first kappa shape index (κ1) is 12.8. The van der Waals surface area contributed by atoms with Crippen LogP contribution in [0.4, 0.5) is 0 Å². The molecule has 17 heavy (non-hydrogen) atoms. The van der Waals surface area contributed by atoms with Crippen LogP contribution in [-0.2, 0) is 0 Å². The summed E-state index contributed by atoms with van der Waals surface area (Å²) in [5.74, 6) is 0. The van der Waals surface area contributed by atoms with Crippen molar-refractivity contribution in [2.24, 2.45) is 0 Å². The van der Waals surface area contributed by atoms with Gasteiger partial charge in [-0.15, -0.1) is 0 Å². The fraction of sp³-hybridized carbons (Fsp3) is 0.923. The Kier molecular flexibility index (Phi) is 4.38. The number of nitrogens with zero attached hydrogens (tertiary/aromatic N) is 3. The van der Waals surface area contributed by atoms with E-state index in [4.69, 9.17) is 5.26 Å². The quantitative estimate of drug-likeness (QED) is 0.761. The minimum atomic E-state index is 0.0532. The maximum absolute atomic E-state index is 9.09. The summed E-state index contributed by atoms with van der Waals surface area (Å²) in [6.45, 7) is 6.75. The molecule has 0 bridgehead atoms. The molecular weight excluding hydrogens is 212 g/mol. The molecule has 2 rings (SSSR count). The van der Waals surface area contributed by atoms with Gasteiger partial charge in [-0.25, -0.2) is 0 Å². The van der Waals surface area contributed by atoms with Gasteiger partial charge in [0, 0.05) is 38.3 Å². The average molecular weight is 236 g/mol. The summed E-state index contributed by atoms with van der Waals surface area (Å²) in [6, 6.07) is 3.71. The second-order valence-corrected chi connectivity index (χ2v) is 5.54. The van der Waals surface area contributed by atoms with E-state index in [1.54, 1.807) is 0 Å². The van der Waals surface area contributed by atoms with E-state index >= 15 is 0 Å². The third-order valence-electron chi connectivity index (χ3n) is 3.95. The Balaban J connectivity index is 1.68. The first-order chi connectivity index (χ1) is 8.19. The SMILES string of the molecule is CC1CN(CCC(C#N)NC2CC2)CCN1C. The summed E-state index contributed by atoms with van der Waals surface area (Å²) in [4.78, 5) is 4.89. The Hall–Kier alpha value is -0.630. The van der Waals surface area contributed by atoms with Crippen molar-refractivity contribution < 1.29 is 0 Å². The number of rotatable bonds is 5. The summed E-state index contributed by atoms with van der Waals surface area (Å²) in [7, 11) is 2.19. The second kappa shape index (κ2) is 5.81. The fourth-order valence-corrected chi connectivity index (χ4v) is 2.36. The van der Waals surface area contributed by atoms with Gasteiger partial charge in [-0.1, -0.05) is 0 Å². The Morgan fingerprint density at radius 1 is 1.41 bits per heavy atom. The Labute approximate surface area is 105 Å². The molecule has 2 fully saturated rings. The fourth-order valence-electron chi connectivity index (χ4n) is 2.36. The van der Waals surface area contributed by atoms with Crippen LogP contribution in [-0.4, -0.2) is 61.2 Å². The highest BCUT2D eigenvalue weighted by atomic mass is 15.3. The van der Waals surface area contributed by atoms with Gasteiger partial charge >= 0.3 is 0 Å². The van der Waals surface area contributed by atoms with E-state index in [-0.39, 0.29) is 6.04 Å². The zero-order valence-electron chi connectivity index (χ0n) is 11.0. The lowest BCUT2D eigenvalue weighted by atomic mass is 10.1. The molecule has 2 aliphatic rings. The lowest BCUT2D eigenvalue weighted by Gasteiger charge is -2.37. The predicted octanol–water partition coefficient (Wildman–Crippen LogP) is 0.657. The number of nitriles is 1. The van der Waals surface area contributed by atoms with Crippen LogP contribution in [0.5, 0.6) is 0 Å². The van der Waals surface area contributed by atoms with E-state index in [1.807, 2.05) is 0 Å². The van der Waals surface area contributed by atoms with Gasteiger partial charge in [-0.3, -0.25) is 5.32 Å². The minimum absolute atomic E-state index is 0.0532. The summed E-state index contributed by atoms with van der Waals surface area (Å²) < 4.78 is 0. The molecule has 4 heteroatoms. The standard InChI is InChI=1S/C13H24N4/c1-11-10-17(8-7-16(11)2)6-5-13(9-14)15-12-3-4-12/h11-13,15H,3-8,10H2,1-2H3. The van der Waals surface area contributed by atoms with Gasteiger partial charge in [-0.05, 0) is 33.2 Å². The monoisotopic (exact) mass is 236 g/mol. The van der Waals surface area contributed by atoms with Crippen molar-refractivity contribution in [3.05, 3.63) is 0 Å². The molecule has 1 aliphatic heterocycles. The number of likely N-dealkylation sites (N-methyl/N-ethyl adjacent to an activating group) is 1. The molecule has 1 aliphatic carbocycles. The minimum Gasteiger partial charge on any atom is -0.301 e. The van der Waals surface area contributed by atoms with E-state index in [0.717, 1.165) is 32.6 Å². The smallest absolute Gasteiger partial charge is 0.0967 e. The van der Waals surface area contributed by atoms with E-state index < -0.39 is 0 Å². The number of hydrogen-bond acceptors (Lipinski definition) is 4. The molecule has 1 saturated carbocycles. The molecule has 1 N–H and O–H groups in total. The summed E-state index contributed by atoms with van der Waals surface area (Å²) in [6.07, 6.45) is 3.47. The van der Waals surface area contributed by atoms with Crippen LogP contribution in [0.2, 0.25) is 0 Å². The Morgan fingerprint density at radius 2 is 2.18 bits per heavy atom. The molecule has 0 aromatic rings. The van der Waals surface area contributed by atoms with E-state index in [2.05, 4.69) is 35.2 Å². The van der Waals surface area contributed by atoms with Crippen LogP contribution >= 0.6 is 0 Å². The van der Waals surface area contributed by atoms with Crippen LogP contribution in [0, 0.1) is 11.3 Å². The van der Waals surface area contributed by atoms with Crippen molar-refractivity contribution >= 4 is 0 Å². The molecule has 0 aromatic carbocycles. The van der Waals surface area contributed by atoms with Crippen LogP contribution in [0.3, 0.4) is 0 Å². The average Bonchev–Trinajstić information content (AvgIpc) is 3.12. The van der Waals surface area contributed by atoms with Gasteiger partial charge in [0.05, 0.1) is 12.1 Å². The number of hydrogen-bond donors (Lipinski definition) is 1. The van der Waals surface area contributed by atoms with Crippen molar-refractivity contribution in [1.29, 1.82) is 5.26 Å². The summed E-state index contributed by atoms with van der Waals surface area (Å²) in [5.41, 5.74) is 0. The van der Waals surface area contributed by atoms with Crippen molar-refractivity contribution in [1.82, 2.24) is 15.1 Å². The third-order valence-corrected chi connectivity index (χ3v) is 3.95. The topological polar surface area (TPSA) is 42.3 Å². The number of nitrogens with one attached hydrogen (secondary N) is 1. The highest BCUT2D eigenvalue weighted by molar-refractivity contribution is 4.96. The van der Waals surface area contributed by atoms with Crippen molar-refractivity contribution in [3.8, 4) is 6.07 Å². The van der Waals surface area contributed by atoms with Gasteiger partial charge in [-0.2, -0.15) is 5.26 Å². The molecule has 0 radical (unpaired) electrons. The van der Waals surface area contributed by atoms with E-state index in [9.17, 15) is 0 Å². The molecule has 0 amide bonds. The van der Waals surface area contributed by atoms with Crippen LogP contribution in [0.15, 0.2) is 0 Å². The van der Waals surface area contributed by atoms with Crippen molar-refractivity contribution in [3.63, 3.8) is 0 Å². The predicted molar refractivity (Wildman–Crippen MR) is 68.7 cm³/mol. The van der Waals surface area contributed by atoms with Gasteiger partial charge < -0.3 is 9.80 Å². The van der Waals surface area contributed by atoms with Crippen LogP contribution in [0.25, 0.3) is 0 Å². The number of piperazine rings is 1. The lowest BCUT2D eigenvalue weighted by molar-refractivity contribution is 0.103. The van der Waals surface area contributed by atoms with Crippen molar-refractivity contribution in [2.75, 3.05) is 33.2 Å². The first-order valence-corrected chi connectivity index (χ1v) is 6.77. The Morgan fingerprint density at radius 3 is 2.76 bits per heavy atom. The Bertz CT molecular complexity index is 282. The first-order valence-electron chi connectivity index (χ1n) is 6.77. The van der Waals surface area contributed by atoms with Crippen molar-refractivity contribution in [2.45, 2.75) is 44.3 Å². The van der Waals surface area contributed by atoms with Gasteiger partial charge in [0.1, 0.15) is 0 Å². The second-order valence-electron chi connectivity index (χ2n) is 5.54. The molecule has 1 saturated heterocycles. The maximum atomic E-state index is 9.09. The zero-order valence-corrected chi connectivity index (χ0v) is 11.0. The highest BCUT2D eigenvalue weighted by Crippen LogP contribution is 2.20. The molecule has 2 atom stereocenters. The van der Waals surface area contributed by atoms with Gasteiger partial charge in [0.15, 0.2) is 0 Å². The third kappa shape index (κ3) is 3.95.